The molecule has 1 aliphatic rings. The van der Waals surface area contributed by atoms with Gasteiger partial charge in [0.15, 0.2) is 5.82 Å². The van der Waals surface area contributed by atoms with Crippen LogP contribution in [0.15, 0.2) is 36.5 Å². The van der Waals surface area contributed by atoms with Gasteiger partial charge in [0.05, 0.1) is 18.3 Å². The van der Waals surface area contributed by atoms with E-state index in [1.807, 2.05) is 40.9 Å². The highest BCUT2D eigenvalue weighted by atomic mass is 16.5. The number of likely N-dealkylation sites (tertiary alicyclic amines) is 1. The first-order valence-corrected chi connectivity index (χ1v) is 11.6. The molecule has 1 atom stereocenters. The molecule has 8 heteroatoms. The van der Waals surface area contributed by atoms with Crippen LogP contribution in [0, 0.1) is 0 Å². The normalized spacial score (nSPS) is 16.6. The number of hydrogen-bond acceptors (Lipinski definition) is 5. The molecule has 2 N–H and O–H groups in total. The topological polar surface area (TPSA) is 91.2 Å². The van der Waals surface area contributed by atoms with Gasteiger partial charge in [0.1, 0.15) is 16.9 Å². The largest absolute Gasteiger partial charge is 0.494 e. The maximum atomic E-state index is 13.2. The fourth-order valence-electron chi connectivity index (χ4n) is 4.92. The zero-order valence-corrected chi connectivity index (χ0v) is 19.4. The predicted octanol–water partition coefficient (Wildman–Crippen LogP) is 3.57. The first kappa shape index (κ1) is 21.5. The quantitative estimate of drug-likeness (QED) is 0.506. The number of aryl methyl sites for hydroxylation is 2. The van der Waals surface area contributed by atoms with Gasteiger partial charge in [-0.2, -0.15) is 0 Å². The number of amides is 1. The van der Waals surface area contributed by atoms with E-state index >= 15 is 0 Å². The molecule has 5 rings (SSSR count). The summed E-state index contributed by atoms with van der Waals surface area (Å²) >= 11 is 0. The zero-order chi connectivity index (χ0) is 23.1. The van der Waals surface area contributed by atoms with Gasteiger partial charge in [-0.1, -0.05) is 6.92 Å². The lowest BCUT2D eigenvalue weighted by atomic mass is 10.0. The van der Waals surface area contributed by atoms with E-state index in [9.17, 15) is 4.79 Å². The summed E-state index contributed by atoms with van der Waals surface area (Å²) in [5.74, 6) is 1.43. The first-order valence-electron chi connectivity index (χ1n) is 11.6. The minimum Gasteiger partial charge on any atom is -0.494 e. The summed E-state index contributed by atoms with van der Waals surface area (Å²) in [4.78, 5) is 24.7. The van der Waals surface area contributed by atoms with Gasteiger partial charge in [-0.05, 0) is 49.6 Å². The Morgan fingerprint density at radius 3 is 2.91 bits per heavy atom. The Morgan fingerprint density at radius 1 is 1.30 bits per heavy atom. The lowest BCUT2D eigenvalue weighted by Gasteiger charge is -2.30. The summed E-state index contributed by atoms with van der Waals surface area (Å²) in [6.45, 7) is 4.30. The molecule has 1 unspecified atom stereocenters. The van der Waals surface area contributed by atoms with Crippen molar-refractivity contribution in [3.8, 4) is 17.3 Å². The molecule has 4 heterocycles. The number of benzene rings is 1. The highest BCUT2D eigenvalue weighted by Crippen LogP contribution is 2.34. The standard InChI is InChI=1S/C25H30N6O2/c1-4-10-31-20(13-16-7-5-9-27-23(16)31)24-28-19-12-17(14-21(33-3)22(19)29(24)2)25(32)30-11-6-8-18(26)15-30/h5,7,9,12-14,18H,4,6,8,10-11,15,26H2,1-3H3. The van der Waals surface area contributed by atoms with Crippen LogP contribution in [-0.2, 0) is 13.6 Å². The number of carbonyl (C=O) groups excluding carboxylic acids is 1. The monoisotopic (exact) mass is 446 g/mol. The molecule has 1 aromatic carbocycles. The second kappa shape index (κ2) is 8.51. The molecule has 1 fully saturated rings. The third-order valence-corrected chi connectivity index (χ3v) is 6.48. The van der Waals surface area contributed by atoms with Crippen LogP contribution in [0.1, 0.15) is 36.5 Å². The van der Waals surface area contributed by atoms with Crippen molar-refractivity contribution in [3.05, 3.63) is 42.1 Å². The first-order chi connectivity index (χ1) is 16.0. The van der Waals surface area contributed by atoms with E-state index in [1.54, 1.807) is 7.11 Å². The molecule has 1 aliphatic heterocycles. The van der Waals surface area contributed by atoms with Crippen molar-refractivity contribution >= 4 is 28.0 Å². The van der Waals surface area contributed by atoms with E-state index in [2.05, 4.69) is 28.6 Å². The van der Waals surface area contributed by atoms with Gasteiger partial charge in [0.25, 0.3) is 5.91 Å². The number of rotatable bonds is 5. The zero-order valence-electron chi connectivity index (χ0n) is 19.4. The number of ether oxygens (including phenoxy) is 1. The summed E-state index contributed by atoms with van der Waals surface area (Å²) in [7, 11) is 3.62. The number of imidazole rings is 1. The average Bonchev–Trinajstić information content (AvgIpc) is 3.36. The number of methoxy groups -OCH3 is 1. The van der Waals surface area contributed by atoms with Crippen LogP contribution in [0.5, 0.6) is 5.75 Å². The molecule has 33 heavy (non-hydrogen) atoms. The second-order valence-corrected chi connectivity index (χ2v) is 8.79. The van der Waals surface area contributed by atoms with Crippen molar-refractivity contribution in [1.29, 1.82) is 0 Å². The van der Waals surface area contributed by atoms with E-state index in [1.165, 1.54) is 0 Å². The minimum atomic E-state index is -0.0261. The predicted molar refractivity (Wildman–Crippen MR) is 129 cm³/mol. The fourth-order valence-corrected chi connectivity index (χ4v) is 4.92. The van der Waals surface area contributed by atoms with Gasteiger partial charge in [-0.15, -0.1) is 0 Å². The molecule has 0 spiro atoms. The Hall–Kier alpha value is -3.39. The highest BCUT2D eigenvalue weighted by molar-refractivity contribution is 6.00. The molecule has 4 aromatic rings. The van der Waals surface area contributed by atoms with Crippen molar-refractivity contribution in [2.45, 2.75) is 38.8 Å². The number of piperidine rings is 1. The van der Waals surface area contributed by atoms with Gasteiger partial charge >= 0.3 is 0 Å². The Labute approximate surface area is 193 Å². The van der Waals surface area contributed by atoms with Crippen molar-refractivity contribution < 1.29 is 9.53 Å². The molecule has 0 aliphatic carbocycles. The van der Waals surface area contributed by atoms with E-state index in [-0.39, 0.29) is 11.9 Å². The number of nitrogens with zero attached hydrogens (tertiary/aromatic N) is 5. The van der Waals surface area contributed by atoms with Crippen LogP contribution < -0.4 is 10.5 Å². The summed E-state index contributed by atoms with van der Waals surface area (Å²) < 4.78 is 9.97. The van der Waals surface area contributed by atoms with Crippen LogP contribution in [0.25, 0.3) is 33.6 Å². The molecule has 3 aromatic heterocycles. The Kier molecular flexibility index (Phi) is 5.54. The minimum absolute atomic E-state index is 0.0261. The van der Waals surface area contributed by atoms with Crippen LogP contribution in [0.4, 0.5) is 0 Å². The van der Waals surface area contributed by atoms with Crippen LogP contribution >= 0.6 is 0 Å². The average molecular weight is 447 g/mol. The van der Waals surface area contributed by atoms with Crippen LogP contribution in [-0.4, -0.2) is 56.2 Å². The van der Waals surface area contributed by atoms with Crippen molar-refractivity contribution in [2.75, 3.05) is 20.2 Å². The lowest BCUT2D eigenvalue weighted by Crippen LogP contribution is -2.45. The van der Waals surface area contributed by atoms with E-state index in [4.69, 9.17) is 15.5 Å². The molecule has 0 saturated carbocycles. The molecule has 0 bridgehead atoms. The van der Waals surface area contributed by atoms with Crippen molar-refractivity contribution in [1.82, 2.24) is 24.0 Å². The smallest absolute Gasteiger partial charge is 0.254 e. The van der Waals surface area contributed by atoms with Gasteiger partial charge in [0.2, 0.25) is 0 Å². The van der Waals surface area contributed by atoms with E-state index in [0.717, 1.165) is 65.9 Å². The fraction of sp³-hybridized carbons (Fsp3) is 0.400. The third kappa shape index (κ3) is 3.64. The number of aromatic nitrogens is 4. The summed E-state index contributed by atoms with van der Waals surface area (Å²) in [6, 6.07) is 9.87. The SMILES string of the molecule is CCCn1c(-c2nc3cc(C(=O)N4CCCC(N)C4)cc(OC)c3n2C)cc2cccnc21. The van der Waals surface area contributed by atoms with Crippen molar-refractivity contribution in [3.63, 3.8) is 0 Å². The number of nitrogens with two attached hydrogens (primary N) is 1. The van der Waals surface area contributed by atoms with Crippen LogP contribution in [0.3, 0.4) is 0 Å². The number of hydrogen-bond donors (Lipinski definition) is 1. The van der Waals surface area contributed by atoms with E-state index < -0.39 is 0 Å². The van der Waals surface area contributed by atoms with Gasteiger partial charge in [0, 0.05) is 49.9 Å². The molecular weight excluding hydrogens is 416 g/mol. The lowest BCUT2D eigenvalue weighted by molar-refractivity contribution is 0.0708. The van der Waals surface area contributed by atoms with E-state index in [0.29, 0.717) is 17.9 Å². The molecule has 0 radical (unpaired) electrons. The molecule has 1 amide bonds. The third-order valence-electron chi connectivity index (χ3n) is 6.48. The summed E-state index contributed by atoms with van der Waals surface area (Å²) in [5, 5.41) is 1.08. The number of fused-ring (bicyclic) bond motifs is 2. The summed E-state index contributed by atoms with van der Waals surface area (Å²) in [5.41, 5.74) is 10.2. The maximum absolute atomic E-state index is 13.2. The van der Waals surface area contributed by atoms with Crippen molar-refractivity contribution in [2.24, 2.45) is 12.8 Å². The highest BCUT2D eigenvalue weighted by Gasteiger charge is 2.25. The number of pyridine rings is 1. The molecular formula is C25H30N6O2. The Bertz CT molecular complexity index is 1340. The second-order valence-electron chi connectivity index (χ2n) is 8.79. The maximum Gasteiger partial charge on any atom is 0.254 e. The summed E-state index contributed by atoms with van der Waals surface area (Å²) in [6.07, 6.45) is 4.68. The molecule has 172 valence electrons. The van der Waals surface area contributed by atoms with Gasteiger partial charge in [-0.3, -0.25) is 4.79 Å². The van der Waals surface area contributed by atoms with Crippen LogP contribution in [0.2, 0.25) is 0 Å². The Balaban J connectivity index is 1.64. The van der Waals surface area contributed by atoms with Gasteiger partial charge in [-0.25, -0.2) is 9.97 Å². The number of carbonyl (C=O) groups is 1. The molecule has 8 nitrogen and oxygen atoms in total. The Morgan fingerprint density at radius 2 is 2.15 bits per heavy atom. The van der Waals surface area contributed by atoms with Gasteiger partial charge < -0.3 is 24.5 Å². The molecule has 1 saturated heterocycles.